The number of aromatic hydroxyl groups is 1. The van der Waals surface area contributed by atoms with E-state index < -0.39 is 0 Å². The van der Waals surface area contributed by atoms with Crippen molar-refractivity contribution in [3.63, 3.8) is 0 Å². The van der Waals surface area contributed by atoms with Crippen molar-refractivity contribution in [2.24, 2.45) is 0 Å². The summed E-state index contributed by atoms with van der Waals surface area (Å²) in [6.07, 6.45) is 1.96. The molecule has 1 unspecified atom stereocenters. The van der Waals surface area contributed by atoms with Gasteiger partial charge in [0.05, 0.1) is 0 Å². The number of para-hydroxylation sites is 1. The van der Waals surface area contributed by atoms with Crippen LogP contribution in [-0.2, 0) is 6.42 Å². The van der Waals surface area contributed by atoms with Crippen LogP contribution in [0.4, 0.5) is 5.69 Å². The number of phenols is 1. The van der Waals surface area contributed by atoms with Gasteiger partial charge < -0.3 is 10.0 Å². The zero-order valence-electron chi connectivity index (χ0n) is 12.3. The second-order valence-electron chi connectivity index (χ2n) is 5.69. The summed E-state index contributed by atoms with van der Waals surface area (Å²) in [5.41, 5.74) is 3.50. The smallest absolute Gasteiger partial charge is 0.258 e. The summed E-state index contributed by atoms with van der Waals surface area (Å²) in [6, 6.07) is 13.3. The van der Waals surface area contributed by atoms with Crippen LogP contribution in [0.5, 0.6) is 5.75 Å². The van der Waals surface area contributed by atoms with Gasteiger partial charge in [-0.15, -0.1) is 0 Å². The van der Waals surface area contributed by atoms with Gasteiger partial charge in [0, 0.05) is 17.3 Å². The maximum Gasteiger partial charge on any atom is 0.258 e. The van der Waals surface area contributed by atoms with Crippen molar-refractivity contribution >= 4 is 11.6 Å². The molecule has 1 atom stereocenters. The van der Waals surface area contributed by atoms with Gasteiger partial charge >= 0.3 is 0 Å². The third-order valence-corrected chi connectivity index (χ3v) is 4.20. The topological polar surface area (TPSA) is 40.5 Å². The number of carbonyl (C=O) groups is 1. The minimum absolute atomic E-state index is 0.0510. The van der Waals surface area contributed by atoms with E-state index in [1.807, 2.05) is 30.0 Å². The Balaban J connectivity index is 2.02. The Labute approximate surface area is 124 Å². The number of aryl methyl sites for hydroxylation is 2. The fourth-order valence-corrected chi connectivity index (χ4v) is 2.88. The number of rotatable bonds is 1. The van der Waals surface area contributed by atoms with Gasteiger partial charge in [-0.3, -0.25) is 4.79 Å². The van der Waals surface area contributed by atoms with Gasteiger partial charge in [-0.25, -0.2) is 0 Å². The third kappa shape index (κ3) is 2.40. The summed E-state index contributed by atoms with van der Waals surface area (Å²) in [4.78, 5) is 14.7. The summed E-state index contributed by atoms with van der Waals surface area (Å²) in [5, 5.41) is 9.84. The van der Waals surface area contributed by atoms with Crippen LogP contribution in [0, 0.1) is 6.92 Å². The molecular formula is C18H19NO2. The standard InChI is InChI=1S/C18H19NO2/c1-12-7-9-15(11-17(12)20)18(21)19-13(2)8-10-14-5-3-4-6-16(14)19/h3-7,9,11,13,20H,8,10H2,1-2H3. The van der Waals surface area contributed by atoms with E-state index in [0.29, 0.717) is 5.56 Å². The summed E-state index contributed by atoms with van der Waals surface area (Å²) >= 11 is 0. The fraction of sp³-hybridized carbons (Fsp3) is 0.278. The highest BCUT2D eigenvalue weighted by Crippen LogP contribution is 2.32. The number of anilines is 1. The molecule has 0 aliphatic carbocycles. The molecule has 2 aromatic carbocycles. The van der Waals surface area contributed by atoms with Crippen molar-refractivity contribution in [3.8, 4) is 5.75 Å². The van der Waals surface area contributed by atoms with Crippen LogP contribution in [0.3, 0.4) is 0 Å². The van der Waals surface area contributed by atoms with Gasteiger partial charge in [-0.2, -0.15) is 0 Å². The Bertz CT molecular complexity index is 693. The average Bonchev–Trinajstić information content (AvgIpc) is 2.49. The monoisotopic (exact) mass is 281 g/mol. The van der Waals surface area contributed by atoms with Crippen molar-refractivity contribution in [1.29, 1.82) is 0 Å². The molecule has 3 rings (SSSR count). The lowest BCUT2D eigenvalue weighted by molar-refractivity contribution is 0.0975. The van der Waals surface area contributed by atoms with Crippen molar-refractivity contribution in [3.05, 3.63) is 59.2 Å². The summed E-state index contributed by atoms with van der Waals surface area (Å²) < 4.78 is 0. The van der Waals surface area contributed by atoms with Crippen LogP contribution in [0.2, 0.25) is 0 Å². The molecule has 108 valence electrons. The first-order valence-corrected chi connectivity index (χ1v) is 7.29. The van der Waals surface area contributed by atoms with E-state index in [0.717, 1.165) is 24.1 Å². The molecule has 0 saturated carbocycles. The predicted octanol–water partition coefficient (Wildman–Crippen LogP) is 3.68. The first-order chi connectivity index (χ1) is 10.1. The highest BCUT2D eigenvalue weighted by Gasteiger charge is 2.28. The first-order valence-electron chi connectivity index (χ1n) is 7.29. The lowest BCUT2D eigenvalue weighted by Crippen LogP contribution is -2.42. The molecule has 0 fully saturated rings. The van der Waals surface area contributed by atoms with Crippen molar-refractivity contribution in [1.82, 2.24) is 0 Å². The van der Waals surface area contributed by atoms with E-state index in [1.54, 1.807) is 18.2 Å². The molecule has 1 N–H and O–H groups in total. The molecule has 0 bridgehead atoms. The Morgan fingerprint density at radius 1 is 1.24 bits per heavy atom. The number of amides is 1. The van der Waals surface area contributed by atoms with Gasteiger partial charge in [-0.1, -0.05) is 24.3 Å². The molecule has 1 aliphatic heterocycles. The average molecular weight is 281 g/mol. The first kappa shape index (κ1) is 13.7. The van der Waals surface area contributed by atoms with Gasteiger partial charge in [0.25, 0.3) is 5.91 Å². The molecular weight excluding hydrogens is 262 g/mol. The second-order valence-corrected chi connectivity index (χ2v) is 5.69. The molecule has 0 radical (unpaired) electrons. The van der Waals surface area contributed by atoms with Gasteiger partial charge in [0.1, 0.15) is 5.75 Å². The number of hydrogen-bond acceptors (Lipinski definition) is 2. The molecule has 1 amide bonds. The normalized spacial score (nSPS) is 17.4. The number of nitrogens with zero attached hydrogens (tertiary/aromatic N) is 1. The van der Waals surface area contributed by atoms with Gasteiger partial charge in [0.15, 0.2) is 0 Å². The van der Waals surface area contributed by atoms with Crippen molar-refractivity contribution in [2.75, 3.05) is 4.90 Å². The lowest BCUT2D eigenvalue weighted by Gasteiger charge is -2.35. The van der Waals surface area contributed by atoms with Crippen LogP contribution in [0.25, 0.3) is 0 Å². The van der Waals surface area contributed by atoms with Crippen LogP contribution < -0.4 is 4.90 Å². The van der Waals surface area contributed by atoms with Crippen molar-refractivity contribution < 1.29 is 9.90 Å². The molecule has 21 heavy (non-hydrogen) atoms. The van der Waals surface area contributed by atoms with E-state index in [-0.39, 0.29) is 17.7 Å². The summed E-state index contributed by atoms with van der Waals surface area (Å²) in [7, 11) is 0. The quantitative estimate of drug-likeness (QED) is 0.866. The second kappa shape index (κ2) is 5.24. The van der Waals surface area contributed by atoms with Gasteiger partial charge in [0.2, 0.25) is 0 Å². The molecule has 1 aliphatic rings. The minimum atomic E-state index is -0.0510. The Morgan fingerprint density at radius 3 is 2.76 bits per heavy atom. The predicted molar refractivity (Wildman–Crippen MR) is 83.9 cm³/mol. The maximum absolute atomic E-state index is 12.9. The lowest BCUT2D eigenvalue weighted by atomic mass is 9.95. The highest BCUT2D eigenvalue weighted by molar-refractivity contribution is 6.07. The number of benzene rings is 2. The number of carbonyl (C=O) groups excluding carboxylic acids is 1. The maximum atomic E-state index is 12.9. The van der Waals surface area contributed by atoms with E-state index in [4.69, 9.17) is 0 Å². The number of hydrogen-bond donors (Lipinski definition) is 1. The Morgan fingerprint density at radius 2 is 2.00 bits per heavy atom. The summed E-state index contributed by atoms with van der Waals surface area (Å²) in [5.74, 6) is 0.115. The molecule has 0 spiro atoms. The van der Waals surface area contributed by atoms with E-state index in [9.17, 15) is 9.90 Å². The number of fused-ring (bicyclic) bond motifs is 1. The molecule has 3 heteroatoms. The summed E-state index contributed by atoms with van der Waals surface area (Å²) in [6.45, 7) is 3.89. The molecule has 3 nitrogen and oxygen atoms in total. The molecule has 1 heterocycles. The van der Waals surface area contributed by atoms with E-state index >= 15 is 0 Å². The molecule has 0 aromatic heterocycles. The SMILES string of the molecule is Cc1ccc(C(=O)N2c3ccccc3CCC2C)cc1O. The van der Waals surface area contributed by atoms with E-state index in [2.05, 4.69) is 13.0 Å². The van der Waals surface area contributed by atoms with Crippen LogP contribution >= 0.6 is 0 Å². The Hall–Kier alpha value is -2.29. The van der Waals surface area contributed by atoms with E-state index in [1.165, 1.54) is 5.56 Å². The minimum Gasteiger partial charge on any atom is -0.508 e. The fourth-order valence-electron chi connectivity index (χ4n) is 2.88. The highest BCUT2D eigenvalue weighted by atomic mass is 16.3. The third-order valence-electron chi connectivity index (χ3n) is 4.20. The molecule has 0 saturated heterocycles. The zero-order chi connectivity index (χ0) is 15.0. The van der Waals surface area contributed by atoms with Gasteiger partial charge in [-0.05, 0) is 56.0 Å². The Kier molecular flexibility index (Phi) is 3.42. The van der Waals surface area contributed by atoms with Crippen LogP contribution in [0.1, 0.15) is 34.8 Å². The van der Waals surface area contributed by atoms with Crippen molar-refractivity contribution in [2.45, 2.75) is 32.7 Å². The zero-order valence-corrected chi connectivity index (χ0v) is 12.3. The molecule has 2 aromatic rings. The largest absolute Gasteiger partial charge is 0.508 e. The van der Waals surface area contributed by atoms with Crippen LogP contribution in [0.15, 0.2) is 42.5 Å². The van der Waals surface area contributed by atoms with Crippen LogP contribution in [-0.4, -0.2) is 17.1 Å². The number of phenolic OH excluding ortho intramolecular Hbond substituents is 1.